The van der Waals surface area contributed by atoms with E-state index in [9.17, 15) is 14.4 Å². The maximum Gasteiger partial charge on any atom is 0.312 e. The van der Waals surface area contributed by atoms with E-state index < -0.39 is 11.8 Å². The summed E-state index contributed by atoms with van der Waals surface area (Å²) in [6.45, 7) is 3.89. The number of hydrogen-bond acceptors (Lipinski definition) is 4. The molecule has 1 heterocycles. The molecule has 3 amide bonds. The van der Waals surface area contributed by atoms with Gasteiger partial charge in [-0.1, -0.05) is 29.8 Å². The molecular weight excluding hydrogens is 350 g/mol. The van der Waals surface area contributed by atoms with Crippen molar-refractivity contribution in [2.75, 3.05) is 31.9 Å². The Bertz CT molecular complexity index is 682. The van der Waals surface area contributed by atoms with Crippen LogP contribution in [0.5, 0.6) is 0 Å². The molecule has 0 bridgehead atoms. The van der Waals surface area contributed by atoms with Gasteiger partial charge in [-0.05, 0) is 25.3 Å². The summed E-state index contributed by atoms with van der Waals surface area (Å²) in [5.41, 5.74) is 2.45. The Morgan fingerprint density at radius 3 is 2.46 bits per heavy atom. The lowest BCUT2D eigenvalue weighted by atomic mass is 10.2. The SMILES string of the molecule is Cc1cccc(CSCC(=O)N2CCN(C(=O)C(=O)NC3CC3)CC2)c1. The van der Waals surface area contributed by atoms with E-state index in [-0.39, 0.29) is 11.9 Å². The summed E-state index contributed by atoms with van der Waals surface area (Å²) in [4.78, 5) is 39.6. The van der Waals surface area contributed by atoms with Crippen LogP contribution < -0.4 is 5.32 Å². The molecule has 7 heteroatoms. The first-order valence-corrected chi connectivity index (χ1v) is 10.2. The minimum absolute atomic E-state index is 0.0946. The molecular formula is C19H25N3O3S. The topological polar surface area (TPSA) is 69.7 Å². The summed E-state index contributed by atoms with van der Waals surface area (Å²) < 4.78 is 0. The monoisotopic (exact) mass is 375 g/mol. The minimum Gasteiger partial charge on any atom is -0.345 e. The van der Waals surface area contributed by atoms with Crippen molar-refractivity contribution in [2.45, 2.75) is 31.6 Å². The molecule has 1 saturated heterocycles. The summed E-state index contributed by atoms with van der Waals surface area (Å²) >= 11 is 1.61. The third-order valence-electron chi connectivity index (χ3n) is 4.60. The first-order chi connectivity index (χ1) is 12.5. The Morgan fingerprint density at radius 2 is 1.81 bits per heavy atom. The molecule has 1 saturated carbocycles. The van der Waals surface area contributed by atoms with E-state index in [1.165, 1.54) is 11.1 Å². The summed E-state index contributed by atoms with van der Waals surface area (Å²) in [5, 5.41) is 2.72. The van der Waals surface area contributed by atoms with E-state index in [1.54, 1.807) is 21.6 Å². The predicted molar refractivity (Wildman–Crippen MR) is 102 cm³/mol. The number of hydrogen-bond donors (Lipinski definition) is 1. The van der Waals surface area contributed by atoms with Crippen LogP contribution in [-0.2, 0) is 20.1 Å². The summed E-state index contributed by atoms with van der Waals surface area (Å²) in [6.07, 6.45) is 1.92. The maximum atomic E-state index is 12.3. The molecule has 1 N–H and O–H groups in total. The van der Waals surface area contributed by atoms with Crippen LogP contribution in [0.2, 0.25) is 0 Å². The number of aryl methyl sites for hydroxylation is 1. The van der Waals surface area contributed by atoms with Crippen molar-refractivity contribution in [3.05, 3.63) is 35.4 Å². The van der Waals surface area contributed by atoms with Crippen molar-refractivity contribution >= 4 is 29.5 Å². The predicted octanol–water partition coefficient (Wildman–Crippen LogP) is 1.18. The molecule has 1 aromatic carbocycles. The van der Waals surface area contributed by atoms with Crippen molar-refractivity contribution in [1.82, 2.24) is 15.1 Å². The highest BCUT2D eigenvalue weighted by Gasteiger charge is 2.31. The third-order valence-corrected chi connectivity index (χ3v) is 5.59. The largest absolute Gasteiger partial charge is 0.345 e. The van der Waals surface area contributed by atoms with E-state index in [4.69, 9.17) is 0 Å². The first-order valence-electron chi connectivity index (χ1n) is 9.04. The molecule has 26 heavy (non-hydrogen) atoms. The lowest BCUT2D eigenvalue weighted by molar-refractivity contribution is -0.148. The second-order valence-corrected chi connectivity index (χ2v) is 7.89. The van der Waals surface area contributed by atoms with Gasteiger partial charge in [-0.3, -0.25) is 14.4 Å². The van der Waals surface area contributed by atoms with Crippen molar-refractivity contribution in [3.8, 4) is 0 Å². The number of nitrogens with zero attached hydrogens (tertiary/aromatic N) is 2. The molecule has 0 unspecified atom stereocenters. The Hall–Kier alpha value is -2.02. The molecule has 1 aliphatic carbocycles. The highest BCUT2D eigenvalue weighted by atomic mass is 32.2. The van der Waals surface area contributed by atoms with Crippen molar-refractivity contribution in [1.29, 1.82) is 0 Å². The first kappa shape index (κ1) is 18.8. The molecule has 6 nitrogen and oxygen atoms in total. The summed E-state index contributed by atoms with van der Waals surface area (Å²) in [7, 11) is 0. The smallest absolute Gasteiger partial charge is 0.312 e. The summed E-state index contributed by atoms with van der Waals surface area (Å²) in [6, 6.07) is 8.48. The minimum atomic E-state index is -0.513. The summed E-state index contributed by atoms with van der Waals surface area (Å²) in [5.74, 6) is 0.355. The average Bonchev–Trinajstić information content (AvgIpc) is 3.45. The third kappa shape index (κ3) is 5.24. The van der Waals surface area contributed by atoms with Crippen LogP contribution in [0.4, 0.5) is 0 Å². The van der Waals surface area contributed by atoms with Gasteiger partial charge in [0.1, 0.15) is 0 Å². The fourth-order valence-corrected chi connectivity index (χ4v) is 3.80. The molecule has 1 aromatic rings. The van der Waals surface area contributed by atoms with Gasteiger partial charge in [-0.15, -0.1) is 11.8 Å². The van der Waals surface area contributed by atoms with Gasteiger partial charge in [-0.25, -0.2) is 0 Å². The molecule has 3 rings (SSSR count). The lowest BCUT2D eigenvalue weighted by Gasteiger charge is -2.34. The number of carbonyl (C=O) groups is 3. The van der Waals surface area contributed by atoms with Crippen LogP contribution in [0.25, 0.3) is 0 Å². The van der Waals surface area contributed by atoms with Gasteiger partial charge >= 0.3 is 11.8 Å². The lowest BCUT2D eigenvalue weighted by Crippen LogP contribution is -2.54. The van der Waals surface area contributed by atoms with Crippen LogP contribution in [0.3, 0.4) is 0 Å². The number of nitrogens with one attached hydrogen (secondary N) is 1. The van der Waals surface area contributed by atoms with Gasteiger partial charge in [0, 0.05) is 38.0 Å². The van der Waals surface area contributed by atoms with Crippen molar-refractivity contribution < 1.29 is 14.4 Å². The second-order valence-electron chi connectivity index (χ2n) is 6.90. The second kappa shape index (κ2) is 8.58. The van der Waals surface area contributed by atoms with Crippen LogP contribution >= 0.6 is 11.8 Å². The number of amides is 3. The molecule has 140 valence electrons. The molecule has 2 fully saturated rings. The quantitative estimate of drug-likeness (QED) is 0.785. The standard InChI is InChI=1S/C19H25N3O3S/c1-14-3-2-4-15(11-14)12-26-13-17(23)21-7-9-22(10-8-21)19(25)18(24)20-16-5-6-16/h2-4,11,16H,5-10,12-13H2,1H3,(H,20,24). The Morgan fingerprint density at radius 1 is 1.12 bits per heavy atom. The van der Waals surface area contributed by atoms with Crippen molar-refractivity contribution in [3.63, 3.8) is 0 Å². The Balaban J connectivity index is 1.37. The number of piperazine rings is 1. The van der Waals surface area contributed by atoms with Crippen LogP contribution in [-0.4, -0.2) is 65.5 Å². The highest BCUT2D eigenvalue weighted by Crippen LogP contribution is 2.18. The highest BCUT2D eigenvalue weighted by molar-refractivity contribution is 7.99. The Labute approximate surface area is 158 Å². The van der Waals surface area contributed by atoms with Crippen LogP contribution in [0, 0.1) is 6.92 Å². The molecule has 1 aliphatic heterocycles. The van der Waals surface area contributed by atoms with E-state index in [0.717, 1.165) is 18.6 Å². The zero-order chi connectivity index (χ0) is 18.5. The van der Waals surface area contributed by atoms with Gasteiger partial charge in [0.2, 0.25) is 5.91 Å². The van der Waals surface area contributed by atoms with Gasteiger partial charge in [0.25, 0.3) is 0 Å². The normalized spacial score (nSPS) is 17.1. The average molecular weight is 375 g/mol. The molecule has 0 radical (unpaired) electrons. The zero-order valence-electron chi connectivity index (χ0n) is 15.1. The molecule has 0 aromatic heterocycles. The molecule has 0 atom stereocenters. The van der Waals surface area contributed by atoms with E-state index in [2.05, 4.69) is 30.4 Å². The fourth-order valence-electron chi connectivity index (χ4n) is 2.93. The number of carbonyl (C=O) groups excluding carboxylic acids is 3. The van der Waals surface area contributed by atoms with E-state index in [1.807, 2.05) is 6.07 Å². The van der Waals surface area contributed by atoms with Gasteiger partial charge < -0.3 is 15.1 Å². The van der Waals surface area contributed by atoms with E-state index >= 15 is 0 Å². The van der Waals surface area contributed by atoms with E-state index in [0.29, 0.717) is 31.9 Å². The van der Waals surface area contributed by atoms with Crippen LogP contribution in [0.15, 0.2) is 24.3 Å². The maximum absolute atomic E-state index is 12.3. The van der Waals surface area contributed by atoms with Crippen LogP contribution in [0.1, 0.15) is 24.0 Å². The number of benzene rings is 1. The van der Waals surface area contributed by atoms with Gasteiger partial charge in [0.05, 0.1) is 5.75 Å². The van der Waals surface area contributed by atoms with Crippen molar-refractivity contribution in [2.24, 2.45) is 0 Å². The van der Waals surface area contributed by atoms with Gasteiger partial charge in [0.15, 0.2) is 0 Å². The molecule has 2 aliphatic rings. The van der Waals surface area contributed by atoms with Gasteiger partial charge in [-0.2, -0.15) is 0 Å². The Kier molecular flexibility index (Phi) is 6.19. The zero-order valence-corrected chi connectivity index (χ0v) is 15.9. The number of thioether (sulfide) groups is 1. The fraction of sp³-hybridized carbons (Fsp3) is 0.526. The number of rotatable bonds is 5. The molecule has 0 spiro atoms.